The van der Waals surface area contributed by atoms with Gasteiger partial charge in [0.2, 0.25) is 0 Å². The van der Waals surface area contributed by atoms with E-state index < -0.39 is 0 Å². The fourth-order valence-corrected chi connectivity index (χ4v) is 2.42. The Kier molecular flexibility index (Phi) is 2.13. The van der Waals surface area contributed by atoms with Crippen molar-refractivity contribution < 1.29 is 0 Å². The number of aryl methyl sites for hydroxylation is 1. The Labute approximate surface area is 101 Å². The van der Waals surface area contributed by atoms with Crippen LogP contribution in [0.2, 0.25) is 0 Å². The van der Waals surface area contributed by atoms with Crippen molar-refractivity contribution in [3.05, 3.63) is 35.1 Å². The van der Waals surface area contributed by atoms with E-state index in [0.717, 1.165) is 16.4 Å². The molecule has 0 N–H and O–H groups in total. The molecule has 0 saturated heterocycles. The van der Waals surface area contributed by atoms with Crippen LogP contribution >= 0.6 is 11.3 Å². The van der Waals surface area contributed by atoms with Crippen molar-refractivity contribution in [2.75, 3.05) is 0 Å². The van der Waals surface area contributed by atoms with Gasteiger partial charge in [-0.25, -0.2) is 4.98 Å². The molecule has 3 aromatic rings. The van der Waals surface area contributed by atoms with Gasteiger partial charge in [0.15, 0.2) is 11.5 Å². The average Bonchev–Trinajstić information content (AvgIpc) is 2.94. The van der Waals surface area contributed by atoms with Gasteiger partial charge in [-0.2, -0.15) is 5.26 Å². The number of pyridine rings is 1. The van der Waals surface area contributed by atoms with E-state index in [1.807, 2.05) is 17.5 Å². The van der Waals surface area contributed by atoms with Crippen LogP contribution in [0.15, 0.2) is 23.8 Å². The maximum Gasteiger partial charge on any atom is 0.180 e. The van der Waals surface area contributed by atoms with Gasteiger partial charge in [0, 0.05) is 12.3 Å². The lowest BCUT2D eigenvalue weighted by Gasteiger charge is -1.97. The summed E-state index contributed by atoms with van der Waals surface area (Å²) in [7, 11) is 0. The second-order valence-corrected chi connectivity index (χ2v) is 4.40. The summed E-state index contributed by atoms with van der Waals surface area (Å²) in [5.74, 6) is 0.768. The Hall–Kier alpha value is -2.26. The van der Waals surface area contributed by atoms with Crippen LogP contribution in [0.1, 0.15) is 11.3 Å². The number of hydrogen-bond acceptors (Lipinski definition) is 5. The maximum atomic E-state index is 8.82. The topological polar surface area (TPSA) is 66.9 Å². The summed E-state index contributed by atoms with van der Waals surface area (Å²) >= 11 is 1.53. The third-order valence-corrected chi connectivity index (χ3v) is 3.41. The minimum atomic E-state index is 0.581. The number of fused-ring (bicyclic) bond motifs is 1. The SMILES string of the molecule is Cc1ncsc1-c1nnc2cc(C#N)ccn12. The van der Waals surface area contributed by atoms with E-state index in [9.17, 15) is 0 Å². The third-order valence-electron chi connectivity index (χ3n) is 2.49. The lowest BCUT2D eigenvalue weighted by Crippen LogP contribution is -1.89. The zero-order valence-electron chi connectivity index (χ0n) is 8.95. The molecule has 0 aromatic carbocycles. The smallest absolute Gasteiger partial charge is 0.180 e. The van der Waals surface area contributed by atoms with Crippen LogP contribution in [0.4, 0.5) is 0 Å². The lowest BCUT2D eigenvalue weighted by molar-refractivity contribution is 1.11. The second kappa shape index (κ2) is 3.64. The summed E-state index contributed by atoms with van der Waals surface area (Å²) in [6.07, 6.45) is 1.81. The second-order valence-electron chi connectivity index (χ2n) is 3.55. The van der Waals surface area contributed by atoms with Gasteiger partial charge in [0.1, 0.15) is 0 Å². The van der Waals surface area contributed by atoms with E-state index >= 15 is 0 Å². The predicted octanol–water partition coefficient (Wildman–Crippen LogP) is 2.03. The fraction of sp³-hybridized carbons (Fsp3) is 0.0909. The Balaban J connectivity index is 2.27. The summed E-state index contributed by atoms with van der Waals surface area (Å²) in [4.78, 5) is 5.20. The normalized spacial score (nSPS) is 10.6. The van der Waals surface area contributed by atoms with E-state index in [1.165, 1.54) is 11.3 Å². The van der Waals surface area contributed by atoms with Crippen LogP contribution in [-0.4, -0.2) is 19.6 Å². The summed E-state index contributed by atoms with van der Waals surface area (Å²) < 4.78 is 1.86. The molecule has 0 radical (unpaired) electrons. The highest BCUT2D eigenvalue weighted by Crippen LogP contribution is 2.25. The molecule has 0 aliphatic carbocycles. The Morgan fingerprint density at radius 2 is 2.29 bits per heavy atom. The van der Waals surface area contributed by atoms with Gasteiger partial charge < -0.3 is 0 Å². The first-order chi connectivity index (χ1) is 8.29. The molecule has 3 aromatic heterocycles. The van der Waals surface area contributed by atoms with Crippen molar-refractivity contribution in [2.24, 2.45) is 0 Å². The molecule has 0 spiro atoms. The largest absolute Gasteiger partial charge is 0.282 e. The number of thiazole rings is 1. The van der Waals surface area contributed by atoms with Crippen molar-refractivity contribution in [1.29, 1.82) is 5.26 Å². The van der Waals surface area contributed by atoms with E-state index in [0.29, 0.717) is 11.2 Å². The van der Waals surface area contributed by atoms with Crippen molar-refractivity contribution in [1.82, 2.24) is 19.6 Å². The van der Waals surface area contributed by atoms with Crippen molar-refractivity contribution >= 4 is 17.0 Å². The standard InChI is InChI=1S/C11H7N5S/c1-7-10(17-6-13-7)11-15-14-9-4-8(5-12)2-3-16(9)11/h2-4,6H,1H3. The van der Waals surface area contributed by atoms with Gasteiger partial charge >= 0.3 is 0 Å². The van der Waals surface area contributed by atoms with E-state index in [4.69, 9.17) is 5.26 Å². The molecule has 0 aliphatic heterocycles. The lowest BCUT2D eigenvalue weighted by atomic mass is 10.3. The first-order valence-electron chi connectivity index (χ1n) is 4.95. The molecule has 0 unspecified atom stereocenters. The fourth-order valence-electron chi connectivity index (χ4n) is 1.63. The van der Waals surface area contributed by atoms with Crippen molar-refractivity contribution in [3.63, 3.8) is 0 Å². The highest BCUT2D eigenvalue weighted by molar-refractivity contribution is 7.13. The monoisotopic (exact) mass is 241 g/mol. The molecule has 6 heteroatoms. The van der Waals surface area contributed by atoms with Gasteiger partial charge in [0.25, 0.3) is 0 Å². The highest BCUT2D eigenvalue weighted by Gasteiger charge is 2.12. The van der Waals surface area contributed by atoms with Gasteiger partial charge in [-0.1, -0.05) is 0 Å². The molecule has 0 bridgehead atoms. The summed E-state index contributed by atoms with van der Waals surface area (Å²) in [6.45, 7) is 1.94. The first-order valence-corrected chi connectivity index (χ1v) is 5.83. The quantitative estimate of drug-likeness (QED) is 0.653. The van der Waals surface area contributed by atoms with Crippen LogP contribution in [-0.2, 0) is 0 Å². The molecule has 0 saturated carbocycles. The number of nitrogens with zero attached hydrogens (tertiary/aromatic N) is 5. The number of hydrogen-bond donors (Lipinski definition) is 0. The molecular formula is C11H7N5S. The molecule has 17 heavy (non-hydrogen) atoms. The van der Waals surface area contributed by atoms with Gasteiger partial charge in [-0.05, 0) is 13.0 Å². The van der Waals surface area contributed by atoms with Crippen molar-refractivity contribution in [2.45, 2.75) is 6.92 Å². The van der Waals surface area contributed by atoms with Crippen molar-refractivity contribution in [3.8, 4) is 16.8 Å². The Bertz CT molecular complexity index is 734. The zero-order valence-corrected chi connectivity index (χ0v) is 9.77. The molecule has 0 aliphatic rings. The molecular weight excluding hydrogens is 234 g/mol. The summed E-state index contributed by atoms with van der Waals surface area (Å²) in [6, 6.07) is 5.55. The molecule has 0 amide bonds. The molecule has 5 nitrogen and oxygen atoms in total. The Morgan fingerprint density at radius 3 is 3.00 bits per heavy atom. The molecule has 3 rings (SSSR count). The highest BCUT2D eigenvalue weighted by atomic mass is 32.1. The molecule has 0 atom stereocenters. The van der Waals surface area contributed by atoms with Gasteiger partial charge in [0.05, 0.1) is 27.7 Å². The van der Waals surface area contributed by atoms with E-state index in [1.54, 1.807) is 17.6 Å². The first kappa shape index (κ1) is 9.93. The van der Waals surface area contributed by atoms with Crippen LogP contribution < -0.4 is 0 Å². The maximum absolute atomic E-state index is 8.82. The predicted molar refractivity (Wildman–Crippen MR) is 63.5 cm³/mol. The minimum Gasteiger partial charge on any atom is -0.282 e. The van der Waals surface area contributed by atoms with Gasteiger partial charge in [-0.3, -0.25) is 4.40 Å². The molecule has 82 valence electrons. The zero-order chi connectivity index (χ0) is 11.8. The third kappa shape index (κ3) is 1.48. The average molecular weight is 241 g/mol. The van der Waals surface area contributed by atoms with Crippen LogP contribution in [0, 0.1) is 18.3 Å². The van der Waals surface area contributed by atoms with E-state index in [2.05, 4.69) is 21.3 Å². The molecule has 0 fully saturated rings. The van der Waals surface area contributed by atoms with Crippen LogP contribution in [0.5, 0.6) is 0 Å². The minimum absolute atomic E-state index is 0.581. The number of aromatic nitrogens is 4. The number of nitriles is 1. The molecule has 3 heterocycles. The van der Waals surface area contributed by atoms with Crippen LogP contribution in [0.3, 0.4) is 0 Å². The van der Waals surface area contributed by atoms with Crippen LogP contribution in [0.25, 0.3) is 16.3 Å². The number of rotatable bonds is 1. The van der Waals surface area contributed by atoms with E-state index in [-0.39, 0.29) is 0 Å². The summed E-state index contributed by atoms with van der Waals surface area (Å²) in [5, 5.41) is 17.0. The summed E-state index contributed by atoms with van der Waals surface area (Å²) in [5.41, 5.74) is 3.98. The van der Waals surface area contributed by atoms with Gasteiger partial charge in [-0.15, -0.1) is 21.5 Å². The Morgan fingerprint density at radius 1 is 1.41 bits per heavy atom.